The number of hydrogen-bond donors (Lipinski definition) is 1. The third-order valence-corrected chi connectivity index (χ3v) is 6.23. The molecule has 0 radical (unpaired) electrons. The third kappa shape index (κ3) is 4.86. The summed E-state index contributed by atoms with van der Waals surface area (Å²) in [4.78, 5) is 30.6. The molecule has 4 rings (SSSR count). The van der Waals surface area contributed by atoms with Crippen LogP contribution >= 0.6 is 22.9 Å². The highest BCUT2D eigenvalue weighted by atomic mass is 35.5. The van der Waals surface area contributed by atoms with Crippen LogP contribution in [-0.4, -0.2) is 52.5 Å². The lowest BCUT2D eigenvalue weighted by atomic mass is 10.3. The minimum Gasteiger partial charge on any atom is -0.338 e. The molecule has 1 fully saturated rings. The van der Waals surface area contributed by atoms with Gasteiger partial charge < -0.3 is 19.7 Å². The minimum absolute atomic E-state index is 0.0107. The summed E-state index contributed by atoms with van der Waals surface area (Å²) in [6, 6.07) is 14.7. The Morgan fingerprint density at radius 3 is 2.50 bits per heavy atom. The maximum atomic E-state index is 13.1. The lowest BCUT2D eigenvalue weighted by Crippen LogP contribution is -2.39. The number of anilines is 1. The van der Waals surface area contributed by atoms with Crippen molar-refractivity contribution in [2.45, 2.75) is 13.0 Å². The molecule has 3 heterocycles. The molecule has 3 aromatic rings. The topological polar surface area (TPSA) is 57.6 Å². The van der Waals surface area contributed by atoms with Gasteiger partial charge in [0.15, 0.2) is 0 Å². The van der Waals surface area contributed by atoms with E-state index in [2.05, 4.69) is 11.4 Å². The average Bonchev–Trinajstić information content (AvgIpc) is 3.36. The molecule has 1 saturated heterocycles. The van der Waals surface area contributed by atoms with Crippen molar-refractivity contribution in [1.82, 2.24) is 14.4 Å². The summed E-state index contributed by atoms with van der Waals surface area (Å²) in [5.41, 5.74) is 1.38. The summed E-state index contributed by atoms with van der Waals surface area (Å²) in [6.07, 6.45) is 2.68. The predicted octanol–water partition coefficient (Wildman–Crippen LogP) is 4.63. The number of aromatic nitrogens is 1. The van der Waals surface area contributed by atoms with Crippen LogP contribution in [0.2, 0.25) is 5.02 Å². The SMILES string of the molecule is O=C(Nc1ccc(Cl)cc1)N1CCCN(C(=O)c2cccn2Cc2cccs2)CC1. The molecule has 0 spiro atoms. The van der Waals surface area contributed by atoms with Gasteiger partial charge >= 0.3 is 6.03 Å². The molecule has 3 amide bonds. The number of carbonyl (C=O) groups is 2. The molecule has 1 N–H and O–H groups in total. The first kappa shape index (κ1) is 20.5. The minimum atomic E-state index is -0.160. The van der Waals surface area contributed by atoms with Crippen molar-refractivity contribution in [3.05, 3.63) is 75.7 Å². The van der Waals surface area contributed by atoms with E-state index in [1.165, 1.54) is 4.88 Å². The molecule has 0 unspecified atom stereocenters. The second-order valence-electron chi connectivity index (χ2n) is 7.17. The fraction of sp³-hybridized carbons (Fsp3) is 0.273. The van der Waals surface area contributed by atoms with Crippen molar-refractivity contribution in [1.29, 1.82) is 0 Å². The van der Waals surface area contributed by atoms with E-state index in [9.17, 15) is 9.59 Å². The van der Waals surface area contributed by atoms with Crippen LogP contribution in [-0.2, 0) is 6.54 Å². The van der Waals surface area contributed by atoms with E-state index in [-0.39, 0.29) is 11.9 Å². The maximum absolute atomic E-state index is 13.1. The number of amides is 3. The van der Waals surface area contributed by atoms with Crippen LogP contribution in [0.3, 0.4) is 0 Å². The Hall–Kier alpha value is -2.77. The highest BCUT2D eigenvalue weighted by Gasteiger charge is 2.24. The van der Waals surface area contributed by atoms with E-state index in [4.69, 9.17) is 11.6 Å². The predicted molar refractivity (Wildman–Crippen MR) is 120 cm³/mol. The molecule has 0 aliphatic carbocycles. The Morgan fingerprint density at radius 1 is 0.967 bits per heavy atom. The summed E-state index contributed by atoms with van der Waals surface area (Å²) in [7, 11) is 0. The van der Waals surface area contributed by atoms with Crippen LogP contribution in [0.25, 0.3) is 0 Å². The van der Waals surface area contributed by atoms with E-state index < -0.39 is 0 Å². The summed E-state index contributed by atoms with van der Waals surface area (Å²) in [5, 5.41) is 5.56. The summed E-state index contributed by atoms with van der Waals surface area (Å²) >= 11 is 7.58. The van der Waals surface area contributed by atoms with Crippen LogP contribution in [0.15, 0.2) is 60.1 Å². The molecule has 6 nitrogen and oxygen atoms in total. The van der Waals surface area contributed by atoms with E-state index in [1.54, 1.807) is 40.5 Å². The second-order valence-corrected chi connectivity index (χ2v) is 8.64. The van der Waals surface area contributed by atoms with Gasteiger partial charge in [0.05, 0.1) is 6.54 Å². The van der Waals surface area contributed by atoms with Crippen molar-refractivity contribution < 1.29 is 9.59 Å². The van der Waals surface area contributed by atoms with Gasteiger partial charge in [0.2, 0.25) is 0 Å². The zero-order valence-electron chi connectivity index (χ0n) is 16.5. The van der Waals surface area contributed by atoms with E-state index in [1.807, 2.05) is 39.2 Å². The zero-order chi connectivity index (χ0) is 20.9. The first-order valence-corrected chi connectivity index (χ1v) is 11.1. The van der Waals surface area contributed by atoms with Gasteiger partial charge in [-0.2, -0.15) is 0 Å². The average molecular weight is 443 g/mol. The molecule has 2 aromatic heterocycles. The maximum Gasteiger partial charge on any atom is 0.321 e. The number of halogens is 1. The number of thiophene rings is 1. The molecular weight excluding hydrogens is 420 g/mol. The first-order chi connectivity index (χ1) is 14.6. The number of nitrogens with zero attached hydrogens (tertiary/aromatic N) is 3. The number of nitrogens with one attached hydrogen (secondary N) is 1. The fourth-order valence-corrected chi connectivity index (χ4v) is 4.37. The van der Waals surface area contributed by atoms with Gasteiger partial charge in [0.1, 0.15) is 5.69 Å². The molecule has 8 heteroatoms. The van der Waals surface area contributed by atoms with Crippen molar-refractivity contribution in [2.75, 3.05) is 31.5 Å². The monoisotopic (exact) mass is 442 g/mol. The Bertz CT molecular complexity index is 1000. The molecule has 1 aliphatic rings. The molecular formula is C22H23ClN4O2S. The van der Waals surface area contributed by atoms with Crippen molar-refractivity contribution in [2.24, 2.45) is 0 Å². The van der Waals surface area contributed by atoms with Crippen molar-refractivity contribution in [3.8, 4) is 0 Å². The van der Waals surface area contributed by atoms with Crippen LogP contribution in [0, 0.1) is 0 Å². The molecule has 1 aromatic carbocycles. The van der Waals surface area contributed by atoms with E-state index in [0.717, 1.165) is 6.42 Å². The van der Waals surface area contributed by atoms with Crippen molar-refractivity contribution in [3.63, 3.8) is 0 Å². The Labute approximate surface area is 184 Å². The number of urea groups is 1. The summed E-state index contributed by atoms with van der Waals surface area (Å²) in [5.74, 6) is 0.0107. The lowest BCUT2D eigenvalue weighted by molar-refractivity contribution is 0.0752. The van der Waals surface area contributed by atoms with E-state index in [0.29, 0.717) is 49.1 Å². The Balaban J connectivity index is 1.37. The lowest BCUT2D eigenvalue weighted by Gasteiger charge is -2.23. The number of benzene rings is 1. The molecule has 156 valence electrons. The normalized spacial score (nSPS) is 14.4. The Morgan fingerprint density at radius 2 is 1.73 bits per heavy atom. The fourth-order valence-electron chi connectivity index (χ4n) is 3.54. The second kappa shape index (κ2) is 9.36. The van der Waals surface area contributed by atoms with Gasteiger partial charge in [-0.1, -0.05) is 17.7 Å². The molecule has 30 heavy (non-hydrogen) atoms. The Kier molecular flexibility index (Phi) is 6.40. The summed E-state index contributed by atoms with van der Waals surface area (Å²) in [6.45, 7) is 2.94. The number of carbonyl (C=O) groups excluding carboxylic acids is 2. The first-order valence-electron chi connectivity index (χ1n) is 9.88. The highest BCUT2D eigenvalue weighted by Crippen LogP contribution is 2.17. The quantitative estimate of drug-likeness (QED) is 0.640. The number of hydrogen-bond acceptors (Lipinski definition) is 3. The number of rotatable bonds is 4. The standard InChI is InChI=1S/C22H23ClN4O2S/c23-17-6-8-18(9-7-17)24-22(29)26-12-3-11-25(13-14-26)21(28)20-5-1-10-27(20)16-19-4-2-15-30-19/h1-2,4-10,15H,3,11-14,16H2,(H,24,29). The van der Waals surface area contributed by atoms with Gasteiger partial charge in [-0.3, -0.25) is 4.79 Å². The van der Waals surface area contributed by atoms with Crippen LogP contribution in [0.1, 0.15) is 21.8 Å². The largest absolute Gasteiger partial charge is 0.338 e. The van der Waals surface area contributed by atoms with Crippen LogP contribution in [0.4, 0.5) is 10.5 Å². The molecule has 0 bridgehead atoms. The molecule has 1 aliphatic heterocycles. The van der Waals surface area contributed by atoms with Crippen LogP contribution in [0.5, 0.6) is 0 Å². The van der Waals surface area contributed by atoms with E-state index >= 15 is 0 Å². The van der Waals surface area contributed by atoms with Gasteiger partial charge in [0.25, 0.3) is 5.91 Å². The van der Waals surface area contributed by atoms with Crippen LogP contribution < -0.4 is 5.32 Å². The van der Waals surface area contributed by atoms with Gasteiger partial charge in [-0.15, -0.1) is 11.3 Å². The summed E-state index contributed by atoms with van der Waals surface area (Å²) < 4.78 is 1.99. The molecule has 0 atom stereocenters. The third-order valence-electron chi connectivity index (χ3n) is 5.12. The van der Waals surface area contributed by atoms with Gasteiger partial charge in [-0.05, 0) is 54.3 Å². The highest BCUT2D eigenvalue weighted by molar-refractivity contribution is 7.09. The zero-order valence-corrected chi connectivity index (χ0v) is 18.0. The van der Waals surface area contributed by atoms with Crippen molar-refractivity contribution >= 4 is 40.6 Å². The smallest absolute Gasteiger partial charge is 0.321 e. The van der Waals surface area contributed by atoms with Gasteiger partial charge in [-0.25, -0.2) is 4.79 Å². The van der Waals surface area contributed by atoms with Gasteiger partial charge in [0, 0.05) is 48.0 Å². The molecule has 0 saturated carbocycles.